The molecular formula is C21H24N4O2S. The number of aromatic nitrogens is 2. The second kappa shape index (κ2) is 8.50. The quantitative estimate of drug-likeness (QED) is 0.613. The Bertz CT molecular complexity index is 958. The van der Waals surface area contributed by atoms with E-state index in [9.17, 15) is 4.79 Å². The largest absolute Gasteiger partial charge is 0.340 e. The summed E-state index contributed by atoms with van der Waals surface area (Å²) >= 11 is 1.64. The zero-order valence-corrected chi connectivity index (χ0v) is 17.3. The van der Waals surface area contributed by atoms with Gasteiger partial charge in [0.05, 0.1) is 12.1 Å². The van der Waals surface area contributed by atoms with Crippen LogP contribution in [0.4, 0.5) is 0 Å². The third kappa shape index (κ3) is 5.15. The first kappa shape index (κ1) is 20.0. The Labute approximate surface area is 168 Å². The van der Waals surface area contributed by atoms with E-state index in [-0.39, 0.29) is 5.91 Å². The molecule has 0 spiro atoms. The summed E-state index contributed by atoms with van der Waals surface area (Å²) < 4.78 is 5.25. The standard InChI is InChI=1S/C21H24N4O2S/c1-21(2,20-22-19(27-24-20)14-25(3)4)23-18(26)13-11-16-10-12-17(28-16)15-8-6-5-7-9-15/h5-13H,14H2,1-4H3,(H,23,26). The third-order valence-corrected chi connectivity index (χ3v) is 5.10. The predicted molar refractivity (Wildman–Crippen MR) is 112 cm³/mol. The van der Waals surface area contributed by atoms with Gasteiger partial charge in [-0.15, -0.1) is 11.3 Å². The van der Waals surface area contributed by atoms with Crippen molar-refractivity contribution in [3.8, 4) is 10.4 Å². The number of thiophene rings is 1. The van der Waals surface area contributed by atoms with Crippen molar-refractivity contribution < 1.29 is 9.32 Å². The van der Waals surface area contributed by atoms with Gasteiger partial charge in [-0.25, -0.2) is 0 Å². The van der Waals surface area contributed by atoms with E-state index >= 15 is 0 Å². The lowest BCUT2D eigenvalue weighted by Gasteiger charge is -2.21. The fourth-order valence-electron chi connectivity index (χ4n) is 2.61. The van der Waals surface area contributed by atoms with E-state index in [1.807, 2.05) is 63.2 Å². The van der Waals surface area contributed by atoms with Gasteiger partial charge < -0.3 is 14.7 Å². The van der Waals surface area contributed by atoms with Crippen LogP contribution in [0.5, 0.6) is 0 Å². The van der Waals surface area contributed by atoms with Crippen LogP contribution in [0, 0.1) is 0 Å². The van der Waals surface area contributed by atoms with Crippen molar-refractivity contribution in [1.82, 2.24) is 20.4 Å². The highest BCUT2D eigenvalue weighted by atomic mass is 32.1. The Morgan fingerprint density at radius 3 is 2.68 bits per heavy atom. The maximum atomic E-state index is 12.4. The SMILES string of the molecule is CN(C)Cc1nc(C(C)(C)NC(=O)C=Cc2ccc(-c3ccccc3)s2)no1. The van der Waals surface area contributed by atoms with E-state index < -0.39 is 5.54 Å². The number of hydrogen-bond donors (Lipinski definition) is 1. The Morgan fingerprint density at radius 1 is 1.21 bits per heavy atom. The molecule has 0 aliphatic heterocycles. The van der Waals surface area contributed by atoms with Gasteiger partial charge >= 0.3 is 0 Å². The highest BCUT2D eigenvalue weighted by molar-refractivity contribution is 7.16. The van der Waals surface area contributed by atoms with Crippen molar-refractivity contribution in [2.24, 2.45) is 0 Å². The molecule has 28 heavy (non-hydrogen) atoms. The zero-order chi connectivity index (χ0) is 20.1. The van der Waals surface area contributed by atoms with Gasteiger partial charge in [-0.3, -0.25) is 4.79 Å². The molecule has 0 atom stereocenters. The molecule has 146 valence electrons. The van der Waals surface area contributed by atoms with Crippen molar-refractivity contribution in [2.45, 2.75) is 25.9 Å². The van der Waals surface area contributed by atoms with E-state index in [2.05, 4.69) is 33.7 Å². The fourth-order valence-corrected chi connectivity index (χ4v) is 3.52. The minimum Gasteiger partial charge on any atom is -0.340 e. The van der Waals surface area contributed by atoms with Crippen LogP contribution in [0.15, 0.2) is 53.1 Å². The zero-order valence-electron chi connectivity index (χ0n) is 16.5. The molecule has 2 aromatic heterocycles. The molecule has 0 aliphatic carbocycles. The molecule has 0 unspecified atom stereocenters. The van der Waals surface area contributed by atoms with Crippen LogP contribution < -0.4 is 5.32 Å². The molecule has 0 radical (unpaired) electrons. The average molecular weight is 397 g/mol. The van der Waals surface area contributed by atoms with Gasteiger partial charge in [-0.2, -0.15) is 4.98 Å². The highest BCUT2D eigenvalue weighted by Gasteiger charge is 2.28. The summed E-state index contributed by atoms with van der Waals surface area (Å²) in [5.41, 5.74) is 0.434. The van der Waals surface area contributed by atoms with Crippen LogP contribution in [0.3, 0.4) is 0 Å². The molecule has 1 amide bonds. The molecule has 6 nitrogen and oxygen atoms in total. The summed E-state index contributed by atoms with van der Waals surface area (Å²) in [6.07, 6.45) is 3.35. The second-order valence-electron chi connectivity index (χ2n) is 7.27. The van der Waals surface area contributed by atoms with E-state index in [1.165, 1.54) is 16.5 Å². The Kier molecular flexibility index (Phi) is 6.06. The lowest BCUT2D eigenvalue weighted by atomic mass is 10.1. The minimum absolute atomic E-state index is 0.210. The number of hydrogen-bond acceptors (Lipinski definition) is 6. The molecule has 7 heteroatoms. The molecule has 0 fully saturated rings. The summed E-state index contributed by atoms with van der Waals surface area (Å²) in [5, 5.41) is 6.93. The van der Waals surface area contributed by atoms with E-state index in [0.717, 1.165) is 4.88 Å². The van der Waals surface area contributed by atoms with E-state index in [0.29, 0.717) is 18.3 Å². The number of amides is 1. The highest BCUT2D eigenvalue weighted by Crippen LogP contribution is 2.28. The second-order valence-corrected chi connectivity index (χ2v) is 8.38. The summed E-state index contributed by atoms with van der Waals surface area (Å²) in [4.78, 5) is 20.9. The van der Waals surface area contributed by atoms with E-state index in [4.69, 9.17) is 4.52 Å². The van der Waals surface area contributed by atoms with Gasteiger partial charge in [0.2, 0.25) is 11.8 Å². The monoisotopic (exact) mass is 396 g/mol. The van der Waals surface area contributed by atoms with Crippen LogP contribution in [0.2, 0.25) is 0 Å². The van der Waals surface area contributed by atoms with Gasteiger partial charge in [0.15, 0.2) is 5.82 Å². The molecule has 0 aliphatic rings. The van der Waals surface area contributed by atoms with Crippen LogP contribution in [0.25, 0.3) is 16.5 Å². The minimum atomic E-state index is -0.736. The summed E-state index contributed by atoms with van der Waals surface area (Å²) in [7, 11) is 3.85. The number of nitrogens with one attached hydrogen (secondary N) is 1. The molecule has 1 aromatic carbocycles. The van der Waals surface area contributed by atoms with E-state index in [1.54, 1.807) is 11.3 Å². The smallest absolute Gasteiger partial charge is 0.244 e. The van der Waals surface area contributed by atoms with Crippen molar-refractivity contribution >= 4 is 23.3 Å². The van der Waals surface area contributed by atoms with Gasteiger partial charge in [-0.05, 0) is 51.7 Å². The topological polar surface area (TPSA) is 71.3 Å². The average Bonchev–Trinajstić information content (AvgIpc) is 3.30. The third-order valence-electron chi connectivity index (χ3n) is 4.00. The fraction of sp³-hybridized carbons (Fsp3) is 0.286. The normalized spacial score (nSPS) is 12.0. The number of benzene rings is 1. The van der Waals surface area contributed by atoms with Crippen molar-refractivity contribution in [3.05, 3.63) is 65.1 Å². The Morgan fingerprint density at radius 2 is 1.96 bits per heavy atom. The number of carbonyl (C=O) groups is 1. The predicted octanol–water partition coefficient (Wildman–Crippen LogP) is 3.92. The molecule has 0 saturated carbocycles. The number of rotatable bonds is 7. The Hall–Kier alpha value is -2.77. The molecule has 2 heterocycles. The van der Waals surface area contributed by atoms with Crippen LogP contribution in [0.1, 0.15) is 30.4 Å². The maximum absolute atomic E-state index is 12.4. The molecule has 3 rings (SSSR count). The van der Waals surface area contributed by atoms with Gasteiger partial charge in [-0.1, -0.05) is 35.5 Å². The summed E-state index contributed by atoms with van der Waals surface area (Å²) in [6, 6.07) is 14.2. The van der Waals surface area contributed by atoms with Crippen molar-refractivity contribution in [1.29, 1.82) is 0 Å². The molecular weight excluding hydrogens is 372 g/mol. The van der Waals surface area contributed by atoms with Crippen LogP contribution in [-0.4, -0.2) is 35.0 Å². The van der Waals surface area contributed by atoms with Gasteiger partial charge in [0.1, 0.15) is 0 Å². The van der Waals surface area contributed by atoms with Crippen LogP contribution in [-0.2, 0) is 16.9 Å². The first-order chi connectivity index (χ1) is 13.3. The number of nitrogens with zero attached hydrogens (tertiary/aromatic N) is 3. The molecule has 3 aromatic rings. The molecule has 0 bridgehead atoms. The number of carbonyl (C=O) groups excluding carboxylic acids is 1. The summed E-state index contributed by atoms with van der Waals surface area (Å²) in [5.74, 6) is 0.761. The summed E-state index contributed by atoms with van der Waals surface area (Å²) in [6.45, 7) is 4.25. The first-order valence-corrected chi connectivity index (χ1v) is 9.78. The van der Waals surface area contributed by atoms with Crippen molar-refractivity contribution in [3.63, 3.8) is 0 Å². The van der Waals surface area contributed by atoms with Gasteiger partial charge in [0.25, 0.3) is 0 Å². The van der Waals surface area contributed by atoms with Crippen LogP contribution >= 0.6 is 11.3 Å². The molecule has 0 saturated heterocycles. The van der Waals surface area contributed by atoms with Gasteiger partial charge in [0, 0.05) is 15.8 Å². The Balaban J connectivity index is 1.63. The lowest BCUT2D eigenvalue weighted by molar-refractivity contribution is -0.118. The molecule has 1 N–H and O–H groups in total. The lowest BCUT2D eigenvalue weighted by Crippen LogP contribution is -2.41. The van der Waals surface area contributed by atoms with Crippen molar-refractivity contribution in [2.75, 3.05) is 14.1 Å². The first-order valence-electron chi connectivity index (χ1n) is 8.97. The maximum Gasteiger partial charge on any atom is 0.244 e.